The third-order valence-electron chi connectivity index (χ3n) is 1.50. The highest BCUT2D eigenvalue weighted by atomic mass is 35.5. The fraction of sp³-hybridized carbons (Fsp3) is 0.625. The monoisotopic (exact) mass is 231 g/mol. The average Bonchev–Trinajstić information content (AvgIpc) is 2.14. The summed E-state index contributed by atoms with van der Waals surface area (Å²) in [6, 6.07) is 0. The largest absolute Gasteiger partial charge is 0.392 e. The van der Waals surface area contributed by atoms with E-state index in [2.05, 4.69) is 25.6 Å². The second kappa shape index (κ2) is 5.67. The Bertz CT molecular complexity index is 320. The van der Waals surface area contributed by atoms with Gasteiger partial charge in [-0.1, -0.05) is 0 Å². The third kappa shape index (κ3) is 4.26. The molecule has 0 amide bonds. The molecule has 3 N–H and O–H groups in total. The lowest BCUT2D eigenvalue weighted by atomic mass is 10.4. The van der Waals surface area contributed by atoms with Gasteiger partial charge in [0, 0.05) is 13.1 Å². The van der Waals surface area contributed by atoms with E-state index >= 15 is 0 Å². The number of rotatable bonds is 5. The lowest BCUT2D eigenvalue weighted by molar-refractivity contribution is 0.208. The quantitative estimate of drug-likeness (QED) is 0.694. The van der Waals surface area contributed by atoms with Crippen molar-refractivity contribution in [2.45, 2.75) is 20.0 Å². The number of aliphatic hydroxyl groups excluding tert-OH is 1. The van der Waals surface area contributed by atoms with E-state index in [-0.39, 0.29) is 5.28 Å². The topological polar surface area (TPSA) is 83.0 Å². The molecule has 1 aromatic heterocycles. The minimum absolute atomic E-state index is 0.119. The van der Waals surface area contributed by atoms with Gasteiger partial charge in [0.05, 0.1) is 6.10 Å². The van der Waals surface area contributed by atoms with Gasteiger partial charge in [0.25, 0.3) is 0 Å². The van der Waals surface area contributed by atoms with Crippen LogP contribution < -0.4 is 10.6 Å². The molecule has 7 heteroatoms. The van der Waals surface area contributed by atoms with Gasteiger partial charge in [-0.3, -0.25) is 0 Å². The molecular weight excluding hydrogens is 218 g/mol. The van der Waals surface area contributed by atoms with Gasteiger partial charge in [0.1, 0.15) is 0 Å². The third-order valence-corrected chi connectivity index (χ3v) is 1.67. The highest BCUT2D eigenvalue weighted by Crippen LogP contribution is 2.08. The molecule has 0 radical (unpaired) electrons. The van der Waals surface area contributed by atoms with E-state index in [0.717, 1.165) is 0 Å². The lowest BCUT2D eigenvalue weighted by Gasteiger charge is -2.08. The minimum Gasteiger partial charge on any atom is -0.392 e. The predicted molar refractivity (Wildman–Crippen MR) is 59.2 cm³/mol. The van der Waals surface area contributed by atoms with Crippen LogP contribution in [0.5, 0.6) is 0 Å². The number of hydrogen-bond donors (Lipinski definition) is 3. The van der Waals surface area contributed by atoms with Crippen LogP contribution in [0.3, 0.4) is 0 Å². The van der Waals surface area contributed by atoms with E-state index < -0.39 is 6.10 Å². The van der Waals surface area contributed by atoms with E-state index in [4.69, 9.17) is 16.7 Å². The van der Waals surface area contributed by atoms with Crippen molar-refractivity contribution in [1.82, 2.24) is 15.0 Å². The summed E-state index contributed by atoms with van der Waals surface area (Å²) in [6.45, 7) is 4.67. The van der Waals surface area contributed by atoms with Crippen LogP contribution in [-0.4, -0.2) is 39.3 Å². The summed E-state index contributed by atoms with van der Waals surface area (Å²) in [5.74, 6) is 0.775. The first kappa shape index (κ1) is 11.9. The summed E-state index contributed by atoms with van der Waals surface area (Å²) >= 11 is 5.70. The minimum atomic E-state index is -0.469. The van der Waals surface area contributed by atoms with Gasteiger partial charge in [-0.25, -0.2) is 0 Å². The molecule has 0 aliphatic rings. The molecule has 0 aliphatic heterocycles. The smallest absolute Gasteiger partial charge is 0.228 e. The van der Waals surface area contributed by atoms with E-state index in [9.17, 15) is 0 Å². The maximum atomic E-state index is 9.07. The summed E-state index contributed by atoms with van der Waals surface area (Å²) < 4.78 is 0. The number of nitrogens with one attached hydrogen (secondary N) is 2. The van der Waals surface area contributed by atoms with Crippen LogP contribution in [-0.2, 0) is 0 Å². The molecule has 0 aliphatic carbocycles. The van der Waals surface area contributed by atoms with Crippen molar-refractivity contribution in [2.75, 3.05) is 23.7 Å². The van der Waals surface area contributed by atoms with Crippen LogP contribution in [0, 0.1) is 0 Å². The Morgan fingerprint density at radius 2 is 1.87 bits per heavy atom. The number of anilines is 2. The zero-order chi connectivity index (χ0) is 11.3. The SMILES string of the molecule is CCNc1nc(Cl)nc(NCC(C)O)n1. The summed E-state index contributed by atoms with van der Waals surface area (Å²) in [6.07, 6.45) is -0.469. The Morgan fingerprint density at radius 3 is 2.40 bits per heavy atom. The molecule has 0 spiro atoms. The molecule has 0 fully saturated rings. The molecule has 6 nitrogen and oxygen atoms in total. The zero-order valence-corrected chi connectivity index (χ0v) is 9.41. The molecule has 1 aromatic rings. The van der Waals surface area contributed by atoms with E-state index in [1.165, 1.54) is 0 Å². The number of hydrogen-bond acceptors (Lipinski definition) is 6. The van der Waals surface area contributed by atoms with Gasteiger partial charge in [0.2, 0.25) is 17.2 Å². The van der Waals surface area contributed by atoms with Crippen LogP contribution in [0.25, 0.3) is 0 Å². The van der Waals surface area contributed by atoms with E-state index in [1.807, 2.05) is 6.92 Å². The molecule has 84 valence electrons. The number of nitrogens with zero attached hydrogens (tertiary/aromatic N) is 3. The maximum absolute atomic E-state index is 9.07. The first-order chi connectivity index (χ1) is 7.11. The number of aliphatic hydroxyl groups is 1. The molecule has 1 unspecified atom stereocenters. The predicted octanol–water partition coefficient (Wildman–Crippen LogP) is 0.749. The van der Waals surface area contributed by atoms with Crippen molar-refractivity contribution in [3.63, 3.8) is 0 Å². The van der Waals surface area contributed by atoms with Crippen molar-refractivity contribution in [3.05, 3.63) is 5.28 Å². The highest BCUT2D eigenvalue weighted by molar-refractivity contribution is 6.28. The summed E-state index contributed by atoms with van der Waals surface area (Å²) in [5.41, 5.74) is 0. The normalized spacial score (nSPS) is 12.3. The van der Waals surface area contributed by atoms with Gasteiger partial charge < -0.3 is 15.7 Å². The Labute approximate surface area is 93.1 Å². The number of aromatic nitrogens is 3. The van der Waals surface area contributed by atoms with E-state index in [1.54, 1.807) is 6.92 Å². The standard InChI is InChI=1S/C8H14ClN5O/c1-3-10-7-12-6(9)13-8(14-7)11-4-5(2)15/h5,15H,3-4H2,1-2H3,(H2,10,11,12,13,14). The molecule has 0 saturated heterocycles. The summed E-state index contributed by atoms with van der Waals surface area (Å²) in [5, 5.41) is 15.0. The van der Waals surface area contributed by atoms with Crippen LogP contribution in [0.2, 0.25) is 5.28 Å². The molecular formula is C8H14ClN5O. The first-order valence-electron chi connectivity index (χ1n) is 4.69. The Balaban J connectivity index is 2.70. The molecule has 1 rings (SSSR count). The maximum Gasteiger partial charge on any atom is 0.228 e. The second-order valence-electron chi connectivity index (χ2n) is 3.01. The zero-order valence-electron chi connectivity index (χ0n) is 8.66. The Hall–Kier alpha value is -1.14. The van der Waals surface area contributed by atoms with Crippen LogP contribution in [0.1, 0.15) is 13.8 Å². The van der Waals surface area contributed by atoms with Crippen LogP contribution in [0.15, 0.2) is 0 Å². The molecule has 1 heterocycles. The molecule has 0 saturated carbocycles. The van der Waals surface area contributed by atoms with E-state index in [0.29, 0.717) is 25.0 Å². The van der Waals surface area contributed by atoms with Gasteiger partial charge in [-0.15, -0.1) is 0 Å². The lowest BCUT2D eigenvalue weighted by Crippen LogP contribution is -2.17. The van der Waals surface area contributed by atoms with Gasteiger partial charge in [-0.2, -0.15) is 15.0 Å². The van der Waals surface area contributed by atoms with Gasteiger partial charge in [-0.05, 0) is 25.4 Å². The number of halogens is 1. The fourth-order valence-corrected chi connectivity index (χ4v) is 1.07. The van der Waals surface area contributed by atoms with Gasteiger partial charge in [0.15, 0.2) is 0 Å². The van der Waals surface area contributed by atoms with Crippen molar-refractivity contribution in [2.24, 2.45) is 0 Å². The van der Waals surface area contributed by atoms with Crippen LogP contribution in [0.4, 0.5) is 11.9 Å². The summed E-state index contributed by atoms with van der Waals surface area (Å²) in [4.78, 5) is 11.8. The van der Waals surface area contributed by atoms with Crippen LogP contribution >= 0.6 is 11.6 Å². The molecule has 0 aromatic carbocycles. The highest BCUT2D eigenvalue weighted by Gasteiger charge is 2.04. The van der Waals surface area contributed by atoms with Gasteiger partial charge >= 0.3 is 0 Å². The molecule has 0 bridgehead atoms. The van der Waals surface area contributed by atoms with Crippen molar-refractivity contribution in [3.8, 4) is 0 Å². The summed E-state index contributed by atoms with van der Waals surface area (Å²) in [7, 11) is 0. The molecule has 15 heavy (non-hydrogen) atoms. The molecule has 1 atom stereocenters. The average molecular weight is 232 g/mol. The first-order valence-corrected chi connectivity index (χ1v) is 5.07. The van der Waals surface area contributed by atoms with Crippen molar-refractivity contribution >= 4 is 23.5 Å². The Kier molecular flexibility index (Phi) is 4.51. The second-order valence-corrected chi connectivity index (χ2v) is 3.35. The van der Waals surface area contributed by atoms with Crippen molar-refractivity contribution < 1.29 is 5.11 Å². The Morgan fingerprint density at radius 1 is 1.27 bits per heavy atom. The van der Waals surface area contributed by atoms with Crippen molar-refractivity contribution in [1.29, 1.82) is 0 Å². The fourth-order valence-electron chi connectivity index (χ4n) is 0.905.